The summed E-state index contributed by atoms with van der Waals surface area (Å²) in [5, 5.41) is 3.13. The Bertz CT molecular complexity index is 1120. The number of fused-ring (bicyclic) bond motifs is 1. The van der Waals surface area contributed by atoms with Crippen LogP contribution in [0.4, 0.5) is 0 Å². The number of amides is 3. The van der Waals surface area contributed by atoms with E-state index < -0.39 is 12.1 Å². The van der Waals surface area contributed by atoms with Gasteiger partial charge in [-0.05, 0) is 67.6 Å². The molecule has 2 aromatic carbocycles. The Morgan fingerprint density at radius 1 is 0.947 bits per heavy atom. The van der Waals surface area contributed by atoms with Crippen molar-refractivity contribution in [3.8, 4) is 0 Å². The van der Waals surface area contributed by atoms with E-state index >= 15 is 0 Å². The van der Waals surface area contributed by atoms with Crippen LogP contribution in [0.2, 0.25) is 0 Å². The molecule has 1 saturated heterocycles. The van der Waals surface area contributed by atoms with Gasteiger partial charge in [0.05, 0.1) is 0 Å². The van der Waals surface area contributed by atoms with E-state index in [1.165, 1.54) is 11.1 Å². The van der Waals surface area contributed by atoms with E-state index in [-0.39, 0.29) is 29.6 Å². The van der Waals surface area contributed by atoms with Crippen molar-refractivity contribution < 1.29 is 14.4 Å². The average molecular weight is 519 g/mol. The van der Waals surface area contributed by atoms with Crippen molar-refractivity contribution in [3.05, 3.63) is 70.8 Å². The van der Waals surface area contributed by atoms with Crippen molar-refractivity contribution in [2.75, 3.05) is 34.2 Å². The Hall–Kier alpha value is -3.19. The first kappa shape index (κ1) is 27.8. The lowest BCUT2D eigenvalue weighted by atomic mass is 9.86. The second kappa shape index (κ2) is 12.1. The zero-order valence-electron chi connectivity index (χ0n) is 23.4. The molecule has 2 atom stereocenters. The summed E-state index contributed by atoms with van der Waals surface area (Å²) in [6, 6.07) is 14.8. The van der Waals surface area contributed by atoms with Crippen LogP contribution in [0.1, 0.15) is 53.7 Å². The first-order chi connectivity index (χ1) is 18.2. The predicted molar refractivity (Wildman–Crippen MR) is 150 cm³/mol. The van der Waals surface area contributed by atoms with Gasteiger partial charge in [0, 0.05) is 32.2 Å². The van der Waals surface area contributed by atoms with Gasteiger partial charge in [0.25, 0.3) is 5.91 Å². The maximum absolute atomic E-state index is 14.0. The highest BCUT2D eigenvalue weighted by Gasteiger charge is 2.46. The Balaban J connectivity index is 1.53. The van der Waals surface area contributed by atoms with Gasteiger partial charge >= 0.3 is 0 Å². The molecule has 204 valence electrons. The Morgan fingerprint density at radius 3 is 2.11 bits per heavy atom. The highest BCUT2D eigenvalue weighted by atomic mass is 16.2. The summed E-state index contributed by atoms with van der Waals surface area (Å²) in [6.45, 7) is 5.96. The predicted octanol–water partition coefficient (Wildman–Crippen LogP) is 3.37. The van der Waals surface area contributed by atoms with Crippen LogP contribution in [0.3, 0.4) is 0 Å². The lowest BCUT2D eigenvalue weighted by Crippen LogP contribution is -2.66. The summed E-state index contributed by atoms with van der Waals surface area (Å²) < 4.78 is 0. The van der Waals surface area contributed by atoms with Crippen molar-refractivity contribution >= 4 is 17.7 Å². The van der Waals surface area contributed by atoms with Gasteiger partial charge in [-0.25, -0.2) is 0 Å². The topological polar surface area (TPSA) is 73.0 Å². The second-order valence-corrected chi connectivity index (χ2v) is 11.1. The van der Waals surface area contributed by atoms with Gasteiger partial charge in [0.2, 0.25) is 11.8 Å². The van der Waals surface area contributed by atoms with E-state index in [0.717, 1.165) is 37.8 Å². The summed E-state index contributed by atoms with van der Waals surface area (Å²) in [7, 11) is 5.78. The molecule has 1 fully saturated rings. The first-order valence-corrected chi connectivity index (χ1v) is 13.9. The molecular formula is C31H42N4O3. The standard InChI is InChI=1S/C31H42N4O3/c1-6-22(7-2)28-29(36)32-27(26-18-24-10-8-9-11-25(24)19-26)31(38)35(28)20-21-12-14-23(15-13-21)30(37)34(5)17-16-33(3)4/h8-15,22,26-28H,6-7,16-20H2,1-5H3,(H,32,36)/t27-,28-/m1/s1. The van der Waals surface area contributed by atoms with E-state index in [1.807, 2.05) is 67.3 Å². The zero-order valence-corrected chi connectivity index (χ0v) is 23.4. The third kappa shape index (κ3) is 5.93. The molecule has 38 heavy (non-hydrogen) atoms. The number of nitrogens with one attached hydrogen (secondary N) is 1. The van der Waals surface area contributed by atoms with E-state index in [4.69, 9.17) is 0 Å². The minimum atomic E-state index is -0.522. The highest BCUT2D eigenvalue weighted by molar-refractivity contribution is 5.97. The number of nitrogens with zero attached hydrogens (tertiary/aromatic N) is 3. The van der Waals surface area contributed by atoms with Gasteiger partial charge in [-0.3, -0.25) is 14.4 Å². The molecule has 3 amide bonds. The number of carbonyl (C=O) groups excluding carboxylic acids is 3. The van der Waals surface area contributed by atoms with Crippen LogP contribution >= 0.6 is 0 Å². The lowest BCUT2D eigenvalue weighted by Gasteiger charge is -2.43. The molecule has 0 bridgehead atoms. The number of rotatable bonds is 10. The largest absolute Gasteiger partial charge is 0.342 e. The van der Waals surface area contributed by atoms with E-state index in [0.29, 0.717) is 18.7 Å². The van der Waals surface area contributed by atoms with Gasteiger partial charge in [-0.2, -0.15) is 0 Å². The summed E-state index contributed by atoms with van der Waals surface area (Å²) in [5.74, 6) is 0.0811. The fourth-order valence-electron chi connectivity index (χ4n) is 5.91. The number of carbonyl (C=O) groups is 3. The summed E-state index contributed by atoms with van der Waals surface area (Å²) in [4.78, 5) is 45.9. The lowest BCUT2D eigenvalue weighted by molar-refractivity contribution is -0.154. The quantitative estimate of drug-likeness (QED) is 0.524. The molecule has 7 nitrogen and oxygen atoms in total. The van der Waals surface area contributed by atoms with Crippen LogP contribution in [-0.4, -0.2) is 78.7 Å². The van der Waals surface area contributed by atoms with Gasteiger partial charge in [-0.1, -0.05) is 63.1 Å². The molecule has 0 saturated carbocycles. The summed E-state index contributed by atoms with van der Waals surface area (Å²) in [5.41, 5.74) is 4.08. The third-order valence-corrected chi connectivity index (χ3v) is 8.28. The Labute approximate surface area is 227 Å². The SMILES string of the molecule is CCC(CC)[C@@H]1C(=O)N[C@H](C2Cc3ccccc3C2)C(=O)N1Cc1ccc(C(=O)N(C)CCN(C)C)cc1. The molecular weight excluding hydrogens is 476 g/mol. The fourth-order valence-corrected chi connectivity index (χ4v) is 5.91. The minimum absolute atomic E-state index is 0.00266. The maximum atomic E-state index is 14.0. The molecule has 4 rings (SSSR count). The molecule has 0 spiro atoms. The van der Waals surface area contributed by atoms with Gasteiger partial charge in [0.1, 0.15) is 12.1 Å². The molecule has 1 N–H and O–H groups in total. The van der Waals surface area contributed by atoms with Crippen molar-refractivity contribution in [2.45, 2.75) is 58.2 Å². The van der Waals surface area contributed by atoms with Gasteiger partial charge in [-0.15, -0.1) is 0 Å². The van der Waals surface area contributed by atoms with Crippen molar-refractivity contribution in [1.82, 2.24) is 20.0 Å². The van der Waals surface area contributed by atoms with Crippen molar-refractivity contribution in [2.24, 2.45) is 11.8 Å². The number of hydrogen-bond donors (Lipinski definition) is 1. The normalized spacial score (nSPS) is 19.7. The fraction of sp³-hybridized carbons (Fsp3) is 0.516. The van der Waals surface area contributed by atoms with Crippen LogP contribution < -0.4 is 5.32 Å². The smallest absolute Gasteiger partial charge is 0.253 e. The Morgan fingerprint density at radius 2 is 1.55 bits per heavy atom. The number of hydrogen-bond acceptors (Lipinski definition) is 4. The average Bonchev–Trinajstić information content (AvgIpc) is 3.35. The van der Waals surface area contributed by atoms with Crippen LogP contribution in [0.25, 0.3) is 0 Å². The second-order valence-electron chi connectivity index (χ2n) is 11.1. The van der Waals surface area contributed by atoms with Crippen molar-refractivity contribution in [1.29, 1.82) is 0 Å². The Kier molecular flexibility index (Phi) is 8.87. The minimum Gasteiger partial charge on any atom is -0.342 e. The summed E-state index contributed by atoms with van der Waals surface area (Å²) >= 11 is 0. The molecule has 0 aromatic heterocycles. The highest BCUT2D eigenvalue weighted by Crippen LogP contribution is 2.33. The molecule has 7 heteroatoms. The van der Waals surface area contributed by atoms with Crippen LogP contribution in [0.5, 0.6) is 0 Å². The molecule has 2 aliphatic rings. The van der Waals surface area contributed by atoms with E-state index in [1.54, 1.807) is 4.90 Å². The molecule has 1 aliphatic heterocycles. The van der Waals surface area contributed by atoms with Gasteiger partial charge < -0.3 is 20.0 Å². The molecule has 0 radical (unpaired) electrons. The third-order valence-electron chi connectivity index (χ3n) is 8.28. The van der Waals surface area contributed by atoms with Gasteiger partial charge in [0.15, 0.2) is 0 Å². The van der Waals surface area contributed by atoms with Crippen LogP contribution in [0, 0.1) is 11.8 Å². The number of benzene rings is 2. The van der Waals surface area contributed by atoms with Crippen molar-refractivity contribution in [3.63, 3.8) is 0 Å². The molecule has 1 heterocycles. The molecule has 0 unspecified atom stereocenters. The van der Waals surface area contributed by atoms with E-state index in [9.17, 15) is 14.4 Å². The first-order valence-electron chi connectivity index (χ1n) is 13.9. The monoisotopic (exact) mass is 518 g/mol. The van der Waals surface area contributed by atoms with Crippen LogP contribution in [0.15, 0.2) is 48.5 Å². The number of piperazine rings is 1. The summed E-state index contributed by atoms with van der Waals surface area (Å²) in [6.07, 6.45) is 3.25. The van der Waals surface area contributed by atoms with Crippen LogP contribution in [-0.2, 0) is 29.0 Å². The maximum Gasteiger partial charge on any atom is 0.253 e. The molecule has 1 aliphatic carbocycles. The molecule has 2 aromatic rings. The zero-order chi connectivity index (χ0) is 27.4. The number of likely N-dealkylation sites (N-methyl/N-ethyl adjacent to an activating group) is 2. The van der Waals surface area contributed by atoms with E-state index in [2.05, 4.69) is 31.3 Å².